The van der Waals surface area contributed by atoms with E-state index in [0.29, 0.717) is 0 Å². The number of carboxylic acid groups (broad SMARTS) is 1. The van der Waals surface area contributed by atoms with Gasteiger partial charge in [0, 0.05) is 4.83 Å². The van der Waals surface area contributed by atoms with Gasteiger partial charge >= 0.3 is 5.97 Å². The zero-order valence-corrected chi connectivity index (χ0v) is 7.43. The summed E-state index contributed by atoms with van der Waals surface area (Å²) < 4.78 is 0. The summed E-state index contributed by atoms with van der Waals surface area (Å²) in [6, 6.07) is 0. The summed E-state index contributed by atoms with van der Waals surface area (Å²) in [6.45, 7) is 3.67. The standard InChI is InChI=1S/C7H12BrO2/c1-2-3-4-6(8)5-7(9)10/h6H,1-5H2,(H,9,10). The monoisotopic (exact) mass is 207 g/mol. The number of halogens is 1. The summed E-state index contributed by atoms with van der Waals surface area (Å²) in [7, 11) is 0. The first kappa shape index (κ1) is 9.95. The van der Waals surface area contributed by atoms with Crippen LogP contribution in [0.1, 0.15) is 25.7 Å². The van der Waals surface area contributed by atoms with E-state index in [4.69, 9.17) is 5.11 Å². The summed E-state index contributed by atoms with van der Waals surface area (Å²) in [5.41, 5.74) is 0. The third-order valence-corrected chi connectivity index (χ3v) is 1.95. The largest absolute Gasteiger partial charge is 0.481 e. The predicted octanol–water partition coefficient (Wildman–Crippen LogP) is 2.23. The Hall–Kier alpha value is -0.0500. The first-order valence-corrected chi connectivity index (χ1v) is 4.23. The molecule has 0 spiro atoms. The van der Waals surface area contributed by atoms with E-state index in [1.807, 2.05) is 0 Å². The van der Waals surface area contributed by atoms with Gasteiger partial charge in [-0.1, -0.05) is 35.7 Å². The fourth-order valence-corrected chi connectivity index (χ4v) is 1.26. The molecule has 0 fully saturated rings. The second-order valence-corrected chi connectivity index (χ2v) is 3.49. The van der Waals surface area contributed by atoms with Crippen molar-refractivity contribution in [2.24, 2.45) is 0 Å². The number of aliphatic carboxylic acids is 1. The van der Waals surface area contributed by atoms with Crippen LogP contribution in [0, 0.1) is 6.92 Å². The maximum atomic E-state index is 10.1. The molecular weight excluding hydrogens is 196 g/mol. The molecule has 0 aliphatic heterocycles. The van der Waals surface area contributed by atoms with E-state index >= 15 is 0 Å². The van der Waals surface area contributed by atoms with Crippen LogP contribution in [0.15, 0.2) is 0 Å². The van der Waals surface area contributed by atoms with E-state index in [9.17, 15) is 4.79 Å². The molecule has 1 atom stereocenters. The SMILES string of the molecule is [CH2]CCCC(Br)CC(=O)O. The minimum Gasteiger partial charge on any atom is -0.481 e. The van der Waals surface area contributed by atoms with Crippen molar-refractivity contribution in [2.45, 2.75) is 30.5 Å². The van der Waals surface area contributed by atoms with Crippen LogP contribution in [0.2, 0.25) is 0 Å². The molecule has 0 rings (SSSR count). The molecule has 0 heterocycles. The first-order chi connectivity index (χ1) is 4.66. The molecule has 2 nitrogen and oxygen atoms in total. The summed E-state index contributed by atoms with van der Waals surface area (Å²) in [5, 5.41) is 8.34. The molecule has 59 valence electrons. The molecule has 3 heteroatoms. The molecule has 1 N–H and O–H groups in total. The maximum absolute atomic E-state index is 10.1. The number of carboxylic acids is 1. The van der Waals surface area contributed by atoms with Crippen molar-refractivity contribution in [2.75, 3.05) is 0 Å². The molecular formula is C7H12BrO2. The third kappa shape index (κ3) is 6.08. The lowest BCUT2D eigenvalue weighted by molar-refractivity contribution is -0.136. The number of alkyl halides is 1. The topological polar surface area (TPSA) is 37.3 Å². The van der Waals surface area contributed by atoms with Crippen LogP contribution in [0.4, 0.5) is 0 Å². The van der Waals surface area contributed by atoms with Gasteiger partial charge in [-0.3, -0.25) is 4.79 Å². The fraction of sp³-hybridized carbons (Fsp3) is 0.714. The van der Waals surface area contributed by atoms with Crippen LogP contribution in [-0.4, -0.2) is 15.9 Å². The van der Waals surface area contributed by atoms with Crippen molar-refractivity contribution in [3.05, 3.63) is 6.92 Å². The van der Waals surface area contributed by atoms with Crippen LogP contribution in [0.5, 0.6) is 0 Å². The van der Waals surface area contributed by atoms with Gasteiger partial charge in [0.05, 0.1) is 6.42 Å². The van der Waals surface area contributed by atoms with Gasteiger partial charge in [0.1, 0.15) is 0 Å². The van der Waals surface area contributed by atoms with Crippen molar-refractivity contribution in [1.29, 1.82) is 0 Å². The van der Waals surface area contributed by atoms with Crippen LogP contribution in [0.3, 0.4) is 0 Å². The molecule has 0 aliphatic rings. The highest BCUT2D eigenvalue weighted by Gasteiger charge is 2.07. The van der Waals surface area contributed by atoms with E-state index < -0.39 is 5.97 Å². The molecule has 0 amide bonds. The van der Waals surface area contributed by atoms with Crippen molar-refractivity contribution in [1.82, 2.24) is 0 Å². The highest BCUT2D eigenvalue weighted by atomic mass is 79.9. The number of unbranched alkanes of at least 4 members (excludes halogenated alkanes) is 1. The van der Waals surface area contributed by atoms with Crippen molar-refractivity contribution in [3.63, 3.8) is 0 Å². The Morgan fingerprint density at radius 1 is 1.70 bits per heavy atom. The zero-order valence-electron chi connectivity index (χ0n) is 5.85. The lowest BCUT2D eigenvalue weighted by Crippen LogP contribution is -2.05. The maximum Gasteiger partial charge on any atom is 0.304 e. The van der Waals surface area contributed by atoms with Gasteiger partial charge < -0.3 is 5.11 Å². The normalized spacial score (nSPS) is 13.0. The van der Waals surface area contributed by atoms with Gasteiger partial charge in [-0.2, -0.15) is 0 Å². The second kappa shape index (κ2) is 5.71. The Balaban J connectivity index is 3.25. The fourth-order valence-electron chi connectivity index (χ4n) is 0.657. The predicted molar refractivity (Wildman–Crippen MR) is 44.2 cm³/mol. The van der Waals surface area contributed by atoms with Gasteiger partial charge in [-0.25, -0.2) is 0 Å². The van der Waals surface area contributed by atoms with Crippen molar-refractivity contribution >= 4 is 21.9 Å². The highest BCUT2D eigenvalue weighted by Crippen LogP contribution is 2.12. The Morgan fingerprint density at radius 3 is 2.70 bits per heavy atom. The van der Waals surface area contributed by atoms with Gasteiger partial charge in [-0.15, -0.1) is 0 Å². The summed E-state index contributed by atoms with van der Waals surface area (Å²) in [5.74, 6) is -0.745. The second-order valence-electron chi connectivity index (χ2n) is 2.19. The van der Waals surface area contributed by atoms with Crippen LogP contribution in [-0.2, 0) is 4.79 Å². The zero-order chi connectivity index (χ0) is 7.98. The molecule has 0 aliphatic carbocycles. The van der Waals surface area contributed by atoms with E-state index in [1.165, 1.54) is 0 Å². The first-order valence-electron chi connectivity index (χ1n) is 3.32. The lowest BCUT2D eigenvalue weighted by atomic mass is 10.1. The van der Waals surface area contributed by atoms with Gasteiger partial charge in [0.2, 0.25) is 0 Å². The summed E-state index contributed by atoms with van der Waals surface area (Å²) >= 11 is 3.27. The quantitative estimate of drug-likeness (QED) is 0.703. The minimum absolute atomic E-state index is 0.117. The number of rotatable bonds is 5. The summed E-state index contributed by atoms with van der Waals surface area (Å²) in [4.78, 5) is 10.2. The van der Waals surface area contributed by atoms with E-state index in [0.717, 1.165) is 19.3 Å². The van der Waals surface area contributed by atoms with Gasteiger partial charge in [-0.05, 0) is 6.42 Å². The van der Waals surface area contributed by atoms with Crippen molar-refractivity contribution < 1.29 is 9.90 Å². The number of carbonyl (C=O) groups is 1. The molecule has 0 aromatic carbocycles. The molecule has 0 bridgehead atoms. The lowest BCUT2D eigenvalue weighted by Gasteiger charge is -2.03. The van der Waals surface area contributed by atoms with Gasteiger partial charge in [0.15, 0.2) is 0 Å². The van der Waals surface area contributed by atoms with Crippen LogP contribution < -0.4 is 0 Å². The molecule has 1 radical (unpaired) electrons. The van der Waals surface area contributed by atoms with E-state index in [2.05, 4.69) is 22.9 Å². The molecule has 1 unspecified atom stereocenters. The molecule has 10 heavy (non-hydrogen) atoms. The highest BCUT2D eigenvalue weighted by molar-refractivity contribution is 9.09. The van der Waals surface area contributed by atoms with Gasteiger partial charge in [0.25, 0.3) is 0 Å². The molecule has 0 saturated heterocycles. The van der Waals surface area contributed by atoms with E-state index in [-0.39, 0.29) is 11.2 Å². The smallest absolute Gasteiger partial charge is 0.304 e. The molecule has 0 aromatic rings. The summed E-state index contributed by atoms with van der Waals surface area (Å²) in [6.07, 6.45) is 2.97. The van der Waals surface area contributed by atoms with Crippen LogP contribution in [0.25, 0.3) is 0 Å². The average molecular weight is 208 g/mol. The average Bonchev–Trinajstić information content (AvgIpc) is 1.82. The number of hydrogen-bond donors (Lipinski definition) is 1. The van der Waals surface area contributed by atoms with Crippen LogP contribution >= 0.6 is 15.9 Å². The Labute approximate surface area is 69.8 Å². The van der Waals surface area contributed by atoms with Crippen molar-refractivity contribution in [3.8, 4) is 0 Å². The molecule has 0 saturated carbocycles. The number of hydrogen-bond acceptors (Lipinski definition) is 1. The van der Waals surface area contributed by atoms with E-state index in [1.54, 1.807) is 0 Å². The third-order valence-electron chi connectivity index (χ3n) is 1.16. The Morgan fingerprint density at radius 2 is 2.30 bits per heavy atom. The molecule has 0 aromatic heterocycles. The minimum atomic E-state index is -0.745. The Bertz CT molecular complexity index is 104. The Kier molecular flexibility index (Phi) is 5.69.